The van der Waals surface area contributed by atoms with E-state index >= 15 is 0 Å². The Bertz CT molecular complexity index is 1300. The lowest BCUT2D eigenvalue weighted by Crippen LogP contribution is -2.57. The van der Waals surface area contributed by atoms with E-state index in [1.54, 1.807) is 6.08 Å². The van der Waals surface area contributed by atoms with E-state index in [-0.39, 0.29) is 46.8 Å². The average Bonchev–Trinajstić information content (AvgIpc) is 2.98. The minimum atomic E-state index is -2.13. The van der Waals surface area contributed by atoms with E-state index < -0.39 is 40.2 Å². The molecular formula is C41H68O7Si2. The summed E-state index contributed by atoms with van der Waals surface area (Å²) in [7, 11) is -4.12. The molecule has 50 heavy (non-hydrogen) atoms. The van der Waals surface area contributed by atoms with Crippen molar-refractivity contribution in [3.8, 4) is 0 Å². The highest BCUT2D eigenvalue weighted by atomic mass is 28.4. The average molecular weight is 729 g/mol. The summed E-state index contributed by atoms with van der Waals surface area (Å²) in [6.45, 7) is 29.3. The minimum absolute atomic E-state index is 0.000314. The normalized spacial score (nSPS) is 35.9. The van der Waals surface area contributed by atoms with Crippen LogP contribution in [0.15, 0.2) is 60.3 Å². The van der Waals surface area contributed by atoms with E-state index in [0.29, 0.717) is 25.9 Å². The number of fused-ring (bicyclic) bond motifs is 4. The lowest BCUT2D eigenvalue weighted by molar-refractivity contribution is -0.198. The van der Waals surface area contributed by atoms with Crippen LogP contribution in [0.5, 0.6) is 0 Å². The number of carbonyl (C=O) groups excluding carboxylic acids is 2. The van der Waals surface area contributed by atoms with Gasteiger partial charge >= 0.3 is 5.97 Å². The third kappa shape index (κ3) is 11.3. The predicted octanol–water partition coefficient (Wildman–Crippen LogP) is 9.82. The zero-order valence-electron chi connectivity index (χ0n) is 33.4. The van der Waals surface area contributed by atoms with Gasteiger partial charge in [0.1, 0.15) is 12.4 Å². The van der Waals surface area contributed by atoms with Crippen molar-refractivity contribution in [1.82, 2.24) is 0 Å². The first kappa shape index (κ1) is 42.5. The number of allylic oxidation sites excluding steroid dienone is 6. The fourth-order valence-electron chi connectivity index (χ4n) is 6.21. The largest absolute Gasteiger partial charge is 0.458 e. The third-order valence-corrected chi connectivity index (χ3v) is 20.9. The molecule has 7 nitrogen and oxygen atoms in total. The van der Waals surface area contributed by atoms with Crippen molar-refractivity contribution in [1.29, 1.82) is 0 Å². The summed E-state index contributed by atoms with van der Waals surface area (Å²) in [5.41, 5.74) is 0.452. The Morgan fingerprint density at radius 2 is 1.62 bits per heavy atom. The van der Waals surface area contributed by atoms with Gasteiger partial charge in [-0.25, -0.2) is 4.79 Å². The van der Waals surface area contributed by atoms with Gasteiger partial charge in [-0.15, -0.1) is 0 Å². The van der Waals surface area contributed by atoms with E-state index in [1.807, 2.05) is 19.1 Å². The Balaban J connectivity index is 1.92. The number of aldehydes is 1. The predicted molar refractivity (Wildman–Crippen MR) is 209 cm³/mol. The molecule has 0 amide bonds. The van der Waals surface area contributed by atoms with Crippen LogP contribution in [0.2, 0.25) is 36.3 Å². The smallest absolute Gasteiger partial charge is 0.331 e. The maximum absolute atomic E-state index is 13.3. The molecule has 0 aromatic carbocycles. The van der Waals surface area contributed by atoms with Gasteiger partial charge < -0.3 is 27.9 Å². The first-order chi connectivity index (χ1) is 23.1. The molecule has 0 spiro atoms. The maximum atomic E-state index is 13.3. The SMILES string of the molecule is CC1=C\[C@@H]2O[C@H](C/C=C/C=C/C(=O)O[C@@H]3C[C@@H](/C=C\C\C=C\1)O[C@@H](CC=O)[C@]3(C)CO[Si](C)(C)C(C)(C)C)C[C@@H](O[Si](C)(C)C(C)(C)C)[C@@H]2C. The van der Waals surface area contributed by atoms with E-state index in [0.717, 1.165) is 18.3 Å². The molecular weight excluding hydrogens is 661 g/mol. The standard InChI is InChI=1S/C41H68O7Si2/c1-30-20-16-14-17-22-33-28-37(41(9,36(46-33)24-25-42)29-44-49(10,11)39(3,4)5)47-38(43)23-19-15-18-21-32-27-35(31(2)34(26-30)45-32)48-50(12,13)40(6,7)8/h15-20,22-23,25-26,31-37H,14,21,24,27-29H2,1-13H3/b18-15+,20-16+,22-17-,23-19+,30-26+/t31-,32-,33-,34+,35-,36+,37-,41+/m1/s1. The van der Waals surface area contributed by atoms with Gasteiger partial charge in [0, 0.05) is 31.4 Å². The fourth-order valence-corrected chi connectivity index (χ4v) is 8.73. The summed E-state index contributed by atoms with van der Waals surface area (Å²) in [5, 5.41) is 0.127. The van der Waals surface area contributed by atoms with Gasteiger partial charge in [0.25, 0.3) is 0 Å². The quantitative estimate of drug-likeness (QED) is 0.112. The molecule has 0 N–H and O–H groups in total. The third-order valence-electron chi connectivity index (χ3n) is 11.9. The van der Waals surface area contributed by atoms with Gasteiger partial charge in [0.05, 0.1) is 35.9 Å². The molecule has 3 rings (SSSR count). The Morgan fingerprint density at radius 3 is 2.26 bits per heavy atom. The van der Waals surface area contributed by atoms with E-state index in [4.69, 9.17) is 23.1 Å². The molecule has 3 heterocycles. The van der Waals surface area contributed by atoms with Gasteiger partial charge in [0.2, 0.25) is 0 Å². The Kier molecular flexibility index (Phi) is 14.7. The number of hydrogen-bond acceptors (Lipinski definition) is 7. The molecule has 282 valence electrons. The molecule has 0 saturated carbocycles. The minimum Gasteiger partial charge on any atom is -0.458 e. The van der Waals surface area contributed by atoms with Gasteiger partial charge in [-0.05, 0) is 62.5 Å². The summed E-state index contributed by atoms with van der Waals surface area (Å²) < 4.78 is 33.1. The van der Waals surface area contributed by atoms with Crippen LogP contribution in [0.1, 0.15) is 94.4 Å². The number of hydrogen-bond donors (Lipinski definition) is 0. The summed E-state index contributed by atoms with van der Waals surface area (Å²) in [6, 6.07) is 0. The molecule has 0 aromatic rings. The molecule has 9 heteroatoms. The molecule has 3 aliphatic heterocycles. The fraction of sp³-hybridized carbons (Fsp3) is 0.707. The lowest BCUT2D eigenvalue weighted by Gasteiger charge is -2.49. The monoisotopic (exact) mass is 728 g/mol. The van der Waals surface area contributed by atoms with Crippen LogP contribution in [-0.2, 0) is 32.7 Å². The highest BCUT2D eigenvalue weighted by molar-refractivity contribution is 6.74. The first-order valence-electron chi connectivity index (χ1n) is 18.7. The maximum Gasteiger partial charge on any atom is 0.331 e. The second-order valence-corrected chi connectivity index (χ2v) is 27.6. The van der Waals surface area contributed by atoms with Crippen molar-refractivity contribution in [2.24, 2.45) is 11.3 Å². The van der Waals surface area contributed by atoms with Crippen molar-refractivity contribution in [2.75, 3.05) is 6.61 Å². The summed E-state index contributed by atoms with van der Waals surface area (Å²) in [5.74, 6) is -0.204. The molecule has 8 atom stereocenters. The topological polar surface area (TPSA) is 80.3 Å². The van der Waals surface area contributed by atoms with Crippen molar-refractivity contribution in [3.05, 3.63) is 60.3 Å². The molecule has 2 saturated heterocycles. The Morgan fingerprint density at radius 1 is 0.940 bits per heavy atom. The van der Waals surface area contributed by atoms with Crippen LogP contribution in [0.3, 0.4) is 0 Å². The molecule has 0 aliphatic carbocycles. The zero-order chi connectivity index (χ0) is 37.5. The van der Waals surface area contributed by atoms with Crippen molar-refractivity contribution in [2.45, 2.75) is 167 Å². The summed E-state index contributed by atoms with van der Waals surface area (Å²) >= 11 is 0. The van der Waals surface area contributed by atoms with Crippen molar-refractivity contribution < 1.29 is 32.7 Å². The van der Waals surface area contributed by atoms with E-state index in [9.17, 15) is 9.59 Å². The van der Waals surface area contributed by atoms with Gasteiger partial charge in [-0.3, -0.25) is 0 Å². The van der Waals surface area contributed by atoms with Crippen LogP contribution in [0.4, 0.5) is 0 Å². The van der Waals surface area contributed by atoms with Gasteiger partial charge in [0.15, 0.2) is 16.6 Å². The second kappa shape index (κ2) is 17.3. The lowest BCUT2D eigenvalue weighted by atomic mass is 9.73. The van der Waals surface area contributed by atoms with Crippen LogP contribution in [0.25, 0.3) is 0 Å². The van der Waals surface area contributed by atoms with Gasteiger partial charge in [-0.1, -0.05) is 110 Å². The number of ether oxygens (including phenoxy) is 3. The van der Waals surface area contributed by atoms with Crippen LogP contribution < -0.4 is 0 Å². The van der Waals surface area contributed by atoms with Crippen molar-refractivity contribution in [3.63, 3.8) is 0 Å². The van der Waals surface area contributed by atoms with Crippen LogP contribution in [0, 0.1) is 11.3 Å². The number of rotatable bonds is 7. The molecule has 3 aliphatic rings. The highest BCUT2D eigenvalue weighted by Gasteiger charge is 2.51. The molecule has 0 unspecified atom stereocenters. The highest BCUT2D eigenvalue weighted by Crippen LogP contribution is 2.44. The zero-order valence-corrected chi connectivity index (χ0v) is 35.4. The number of carbonyl (C=O) groups is 2. The Labute approximate surface area is 306 Å². The summed E-state index contributed by atoms with van der Waals surface area (Å²) in [6.07, 6.45) is 20.4. The molecule has 0 radical (unpaired) electrons. The second-order valence-electron chi connectivity index (χ2n) is 18.0. The van der Waals surface area contributed by atoms with Crippen LogP contribution in [-0.4, -0.2) is 72.1 Å². The van der Waals surface area contributed by atoms with Gasteiger partial charge in [-0.2, -0.15) is 0 Å². The molecule has 0 aromatic heterocycles. The molecule has 4 bridgehead atoms. The van der Waals surface area contributed by atoms with E-state index in [2.05, 4.69) is 112 Å². The van der Waals surface area contributed by atoms with Crippen LogP contribution >= 0.6 is 0 Å². The van der Waals surface area contributed by atoms with Crippen molar-refractivity contribution >= 4 is 28.9 Å². The van der Waals surface area contributed by atoms with E-state index in [1.165, 1.54) is 6.08 Å². The first-order valence-corrected chi connectivity index (χ1v) is 24.5. The number of esters is 1. The Hall–Kier alpha value is -1.89. The molecule has 2 fully saturated rings. The summed E-state index contributed by atoms with van der Waals surface area (Å²) in [4.78, 5) is 25.2.